The summed E-state index contributed by atoms with van der Waals surface area (Å²) in [6, 6.07) is 0. The van der Waals surface area contributed by atoms with Crippen LogP contribution < -0.4 is 0 Å². The molecule has 4 saturated carbocycles. The summed E-state index contributed by atoms with van der Waals surface area (Å²) in [7, 11) is 0. The monoisotopic (exact) mass is 490 g/mol. The van der Waals surface area contributed by atoms with Crippen LogP contribution in [0.1, 0.15) is 105 Å². The first kappa shape index (κ1) is 27.1. The van der Waals surface area contributed by atoms with E-state index in [2.05, 4.69) is 20.8 Å². The summed E-state index contributed by atoms with van der Waals surface area (Å²) in [6.45, 7) is 10.1. The van der Waals surface area contributed by atoms with Gasteiger partial charge in [0, 0.05) is 12.8 Å². The third-order valence-electron chi connectivity index (χ3n) is 11.3. The van der Waals surface area contributed by atoms with Crippen molar-refractivity contribution in [3.63, 3.8) is 0 Å². The van der Waals surface area contributed by atoms with Crippen molar-refractivity contribution < 1.29 is 24.2 Å². The maximum atomic E-state index is 12.3. The fourth-order valence-corrected chi connectivity index (χ4v) is 9.36. The lowest BCUT2D eigenvalue weighted by molar-refractivity contribution is -0.146. The molecule has 0 heterocycles. The van der Waals surface area contributed by atoms with Gasteiger partial charge in [-0.1, -0.05) is 20.8 Å². The Balaban J connectivity index is 1.26. The number of carbonyl (C=O) groups excluding carboxylic acids is 2. The zero-order valence-electron chi connectivity index (χ0n) is 22.7. The van der Waals surface area contributed by atoms with Crippen molar-refractivity contribution >= 4 is 11.8 Å². The number of hydrogen-bond donors (Lipinski definition) is 1. The lowest BCUT2D eigenvalue weighted by atomic mass is 9.44. The quantitative estimate of drug-likeness (QED) is 0.302. The highest BCUT2D eigenvalue weighted by molar-refractivity contribution is 5.75. The SMILES string of the molecule is CC(=O)CCOCCOC(=O)CC[C@@H](C)[C@H]1CC[C@H]2[C@@H]3CCC4C[C@H](O)CC[C@]4(C)[C@H]3CC[C@]12C. The summed E-state index contributed by atoms with van der Waals surface area (Å²) in [5, 5.41) is 10.3. The normalized spacial score (nSPS) is 41.4. The number of aliphatic hydroxyl groups excluding tert-OH is 1. The maximum absolute atomic E-state index is 12.3. The summed E-state index contributed by atoms with van der Waals surface area (Å²) >= 11 is 0. The minimum absolute atomic E-state index is 0.0684. The lowest BCUT2D eigenvalue weighted by Gasteiger charge is -2.61. The maximum Gasteiger partial charge on any atom is 0.305 e. The van der Waals surface area contributed by atoms with Crippen molar-refractivity contribution in [2.24, 2.45) is 46.3 Å². The van der Waals surface area contributed by atoms with E-state index in [0.717, 1.165) is 42.9 Å². The number of esters is 1. The Bertz CT molecular complexity index is 751. The number of rotatable bonds is 10. The van der Waals surface area contributed by atoms with Crippen LogP contribution in [0.4, 0.5) is 0 Å². The van der Waals surface area contributed by atoms with Crippen LogP contribution in [0.25, 0.3) is 0 Å². The first-order chi connectivity index (χ1) is 16.6. The molecule has 0 saturated heterocycles. The van der Waals surface area contributed by atoms with Crippen LogP contribution in [0.15, 0.2) is 0 Å². The van der Waals surface area contributed by atoms with Crippen LogP contribution in [0.5, 0.6) is 0 Å². The largest absolute Gasteiger partial charge is 0.463 e. The Labute approximate surface area is 213 Å². The predicted octanol–water partition coefficient (Wildman–Crippen LogP) is 5.96. The highest BCUT2D eigenvalue weighted by Crippen LogP contribution is 2.68. The molecular formula is C30H50O5. The van der Waals surface area contributed by atoms with Crippen LogP contribution in [0, 0.1) is 46.3 Å². The number of fused-ring (bicyclic) bond motifs is 5. The van der Waals surface area contributed by atoms with Gasteiger partial charge in [-0.15, -0.1) is 0 Å². The summed E-state index contributed by atoms with van der Waals surface area (Å²) < 4.78 is 10.7. The molecular weight excluding hydrogens is 440 g/mol. The number of Topliss-reactive ketones (excluding diaryl/α,β-unsaturated/α-hetero) is 1. The van der Waals surface area contributed by atoms with E-state index in [1.165, 1.54) is 44.9 Å². The molecule has 1 N–H and O–H groups in total. The van der Waals surface area contributed by atoms with E-state index in [1.807, 2.05) is 0 Å². The predicted molar refractivity (Wildman–Crippen MR) is 137 cm³/mol. The van der Waals surface area contributed by atoms with E-state index >= 15 is 0 Å². The van der Waals surface area contributed by atoms with Gasteiger partial charge >= 0.3 is 5.97 Å². The molecule has 4 aliphatic rings. The van der Waals surface area contributed by atoms with Gasteiger partial charge in [-0.2, -0.15) is 0 Å². The second-order valence-electron chi connectivity index (χ2n) is 13.1. The first-order valence-corrected chi connectivity index (χ1v) is 14.6. The molecule has 0 bridgehead atoms. The zero-order valence-corrected chi connectivity index (χ0v) is 22.7. The van der Waals surface area contributed by atoms with Crippen LogP contribution in [-0.4, -0.2) is 42.8 Å². The topological polar surface area (TPSA) is 72.8 Å². The van der Waals surface area contributed by atoms with Crippen LogP contribution in [0.2, 0.25) is 0 Å². The average Bonchev–Trinajstić information content (AvgIpc) is 3.17. The standard InChI is InChI=1S/C30H50O5/c1-20(5-10-28(33)35-18-17-34-16-13-21(2)31)25-8-9-26-24-7-6-22-19-23(32)11-14-29(22,3)27(24)12-15-30(25,26)4/h20,22-27,32H,5-19H2,1-4H3/t20-,22?,23-,24+,25-,26+,27+,29+,30-/m1/s1. The fourth-order valence-electron chi connectivity index (χ4n) is 9.36. The Hall–Kier alpha value is -0.940. The van der Waals surface area contributed by atoms with Crippen LogP contribution in [-0.2, 0) is 19.1 Å². The minimum Gasteiger partial charge on any atom is -0.463 e. The van der Waals surface area contributed by atoms with E-state index in [4.69, 9.17) is 9.47 Å². The molecule has 0 spiro atoms. The summed E-state index contributed by atoms with van der Waals surface area (Å²) in [5.74, 6) is 4.48. The average molecular weight is 491 g/mol. The molecule has 5 heteroatoms. The van der Waals surface area contributed by atoms with Crippen LogP contribution >= 0.6 is 0 Å². The van der Waals surface area contributed by atoms with Crippen molar-refractivity contribution in [1.29, 1.82) is 0 Å². The molecule has 0 radical (unpaired) electrons. The summed E-state index contributed by atoms with van der Waals surface area (Å²) in [4.78, 5) is 23.2. The molecule has 0 aliphatic heterocycles. The molecule has 0 aromatic heterocycles. The van der Waals surface area contributed by atoms with Gasteiger partial charge in [0.15, 0.2) is 0 Å². The number of ketones is 1. The van der Waals surface area contributed by atoms with Gasteiger partial charge in [0.2, 0.25) is 0 Å². The van der Waals surface area contributed by atoms with Gasteiger partial charge in [0.1, 0.15) is 12.4 Å². The van der Waals surface area contributed by atoms with Gasteiger partial charge in [-0.05, 0) is 117 Å². The Morgan fingerprint density at radius 1 is 0.914 bits per heavy atom. The summed E-state index contributed by atoms with van der Waals surface area (Å²) in [6.07, 6.45) is 13.0. The smallest absolute Gasteiger partial charge is 0.305 e. The van der Waals surface area contributed by atoms with Crippen molar-refractivity contribution in [2.75, 3.05) is 19.8 Å². The molecule has 0 amide bonds. The van der Waals surface area contributed by atoms with Gasteiger partial charge in [-0.25, -0.2) is 0 Å². The molecule has 200 valence electrons. The van der Waals surface area contributed by atoms with E-state index in [1.54, 1.807) is 6.92 Å². The van der Waals surface area contributed by atoms with Gasteiger partial charge in [0.05, 0.1) is 19.3 Å². The van der Waals surface area contributed by atoms with E-state index < -0.39 is 0 Å². The third-order valence-corrected chi connectivity index (χ3v) is 11.3. The molecule has 4 aliphatic carbocycles. The molecule has 35 heavy (non-hydrogen) atoms. The van der Waals surface area contributed by atoms with Gasteiger partial charge in [0.25, 0.3) is 0 Å². The van der Waals surface area contributed by atoms with E-state index in [9.17, 15) is 14.7 Å². The van der Waals surface area contributed by atoms with E-state index in [-0.39, 0.29) is 24.5 Å². The Kier molecular flexibility index (Phi) is 8.68. The molecule has 4 fully saturated rings. The first-order valence-electron chi connectivity index (χ1n) is 14.6. The van der Waals surface area contributed by atoms with Gasteiger partial charge in [-0.3, -0.25) is 9.59 Å². The molecule has 1 unspecified atom stereocenters. The van der Waals surface area contributed by atoms with Crippen molar-refractivity contribution in [3.05, 3.63) is 0 Å². The second-order valence-corrected chi connectivity index (χ2v) is 13.1. The molecule has 0 aromatic carbocycles. The molecule has 0 aromatic rings. The Morgan fingerprint density at radius 2 is 1.66 bits per heavy atom. The minimum atomic E-state index is -0.124. The Morgan fingerprint density at radius 3 is 2.43 bits per heavy atom. The van der Waals surface area contributed by atoms with Gasteiger partial charge < -0.3 is 14.6 Å². The number of carbonyl (C=O) groups is 2. The van der Waals surface area contributed by atoms with Crippen LogP contribution in [0.3, 0.4) is 0 Å². The fraction of sp³-hybridized carbons (Fsp3) is 0.933. The summed E-state index contributed by atoms with van der Waals surface area (Å²) in [5.41, 5.74) is 0.846. The second kappa shape index (κ2) is 11.2. The molecule has 9 atom stereocenters. The third kappa shape index (κ3) is 5.66. The zero-order chi connectivity index (χ0) is 25.2. The lowest BCUT2D eigenvalue weighted by Crippen LogP contribution is -2.54. The molecule has 5 nitrogen and oxygen atoms in total. The number of ether oxygens (including phenoxy) is 2. The number of hydrogen-bond acceptors (Lipinski definition) is 5. The number of aliphatic hydroxyl groups is 1. The van der Waals surface area contributed by atoms with Crippen molar-refractivity contribution in [1.82, 2.24) is 0 Å². The molecule has 4 rings (SSSR count). The van der Waals surface area contributed by atoms with Crippen molar-refractivity contribution in [3.8, 4) is 0 Å². The van der Waals surface area contributed by atoms with E-state index in [0.29, 0.717) is 48.7 Å². The highest BCUT2D eigenvalue weighted by atomic mass is 16.6. The van der Waals surface area contributed by atoms with Crippen molar-refractivity contribution in [2.45, 2.75) is 111 Å². The highest BCUT2D eigenvalue weighted by Gasteiger charge is 2.60.